The van der Waals surface area contributed by atoms with E-state index in [4.69, 9.17) is 16.7 Å². The molecule has 2 amide bonds. The Bertz CT molecular complexity index is 534. The Morgan fingerprint density at radius 1 is 1.45 bits per heavy atom. The summed E-state index contributed by atoms with van der Waals surface area (Å²) in [6.07, 6.45) is 0. The fourth-order valence-corrected chi connectivity index (χ4v) is 1.90. The van der Waals surface area contributed by atoms with Crippen molar-refractivity contribution in [2.75, 3.05) is 11.9 Å². The number of nitrogens with one attached hydrogen (secondary N) is 1. The van der Waals surface area contributed by atoms with Crippen LogP contribution in [0.2, 0.25) is 5.02 Å². The van der Waals surface area contributed by atoms with Gasteiger partial charge in [-0.1, -0.05) is 11.6 Å². The summed E-state index contributed by atoms with van der Waals surface area (Å²) in [6, 6.07) is 2.92. The maximum Gasteiger partial charge on any atom is 0.329 e. The van der Waals surface area contributed by atoms with Gasteiger partial charge in [-0.15, -0.1) is 0 Å². The number of amides is 2. The minimum Gasteiger partial charge on any atom is -0.480 e. The normalized spacial score (nSPS) is 11.1. The molecule has 0 aromatic heterocycles. The molecule has 0 aliphatic rings. The number of hydrogen-bond acceptors (Lipinski definition) is 2. The molecule has 0 heterocycles. The summed E-state index contributed by atoms with van der Waals surface area (Å²) >= 11 is 5.81. The molecule has 0 atom stereocenters. The predicted molar refractivity (Wildman–Crippen MR) is 74.5 cm³/mol. The summed E-state index contributed by atoms with van der Waals surface area (Å²) < 4.78 is 12.9. The lowest BCUT2D eigenvalue weighted by atomic mass is 10.0. The van der Waals surface area contributed by atoms with Crippen molar-refractivity contribution in [3.63, 3.8) is 0 Å². The van der Waals surface area contributed by atoms with Gasteiger partial charge >= 0.3 is 12.0 Å². The number of nitrogens with zero attached hydrogens (tertiary/aromatic N) is 1. The van der Waals surface area contributed by atoms with Gasteiger partial charge in [0.2, 0.25) is 0 Å². The molecule has 1 rings (SSSR count). The molecule has 0 saturated carbocycles. The number of aliphatic carboxylic acids is 1. The van der Waals surface area contributed by atoms with Crippen molar-refractivity contribution in [2.45, 2.75) is 26.3 Å². The lowest BCUT2D eigenvalue weighted by Crippen LogP contribution is -2.54. The fraction of sp³-hybridized carbons (Fsp3) is 0.385. The monoisotopic (exact) mass is 302 g/mol. The molecule has 1 aromatic rings. The van der Waals surface area contributed by atoms with Crippen LogP contribution in [0.25, 0.3) is 0 Å². The molecule has 0 bridgehead atoms. The summed E-state index contributed by atoms with van der Waals surface area (Å²) in [5, 5.41) is 11.7. The van der Waals surface area contributed by atoms with E-state index in [-0.39, 0.29) is 17.3 Å². The Morgan fingerprint density at radius 3 is 2.50 bits per heavy atom. The van der Waals surface area contributed by atoms with E-state index in [2.05, 4.69) is 5.32 Å². The van der Waals surface area contributed by atoms with Crippen LogP contribution >= 0.6 is 11.6 Å². The van der Waals surface area contributed by atoms with Gasteiger partial charge in [-0.05, 0) is 39.0 Å². The lowest BCUT2D eigenvalue weighted by Gasteiger charge is -2.34. The van der Waals surface area contributed by atoms with Crippen LogP contribution in [-0.4, -0.2) is 34.1 Å². The number of carboxylic acid groups (broad SMARTS) is 1. The fourth-order valence-electron chi connectivity index (χ4n) is 1.68. The zero-order valence-corrected chi connectivity index (χ0v) is 12.2. The summed E-state index contributed by atoms with van der Waals surface area (Å²) in [6.45, 7) is 4.70. The first-order valence-electron chi connectivity index (χ1n) is 5.97. The van der Waals surface area contributed by atoms with Crippen LogP contribution in [0.1, 0.15) is 20.8 Å². The Kier molecular flexibility index (Phi) is 4.94. The Hall–Kier alpha value is -1.82. The lowest BCUT2D eigenvalue weighted by molar-refractivity contribution is -0.147. The van der Waals surface area contributed by atoms with Crippen LogP contribution < -0.4 is 5.32 Å². The van der Waals surface area contributed by atoms with E-state index in [1.54, 1.807) is 6.92 Å². The minimum atomic E-state index is -1.37. The van der Waals surface area contributed by atoms with E-state index < -0.39 is 23.4 Å². The molecule has 0 unspecified atom stereocenters. The van der Waals surface area contributed by atoms with Crippen molar-refractivity contribution in [1.82, 2.24) is 4.90 Å². The number of likely N-dealkylation sites (N-methyl/N-ethyl adjacent to an activating group) is 1. The second-order valence-electron chi connectivity index (χ2n) is 4.66. The van der Waals surface area contributed by atoms with Gasteiger partial charge in [-0.3, -0.25) is 0 Å². The van der Waals surface area contributed by atoms with Crippen molar-refractivity contribution in [1.29, 1.82) is 0 Å². The summed E-state index contributed by atoms with van der Waals surface area (Å²) in [5.41, 5.74) is -1.15. The summed E-state index contributed by atoms with van der Waals surface area (Å²) in [7, 11) is 0. The smallest absolute Gasteiger partial charge is 0.329 e. The third kappa shape index (κ3) is 3.39. The molecule has 110 valence electrons. The first kappa shape index (κ1) is 16.2. The molecule has 5 nitrogen and oxygen atoms in total. The van der Waals surface area contributed by atoms with Crippen LogP contribution in [0.3, 0.4) is 0 Å². The first-order valence-corrected chi connectivity index (χ1v) is 6.35. The molecule has 0 aliphatic heterocycles. The second-order valence-corrected chi connectivity index (χ2v) is 5.07. The zero-order valence-electron chi connectivity index (χ0n) is 11.4. The predicted octanol–water partition coefficient (Wildman–Crippen LogP) is 3.20. The van der Waals surface area contributed by atoms with E-state index in [9.17, 15) is 14.0 Å². The van der Waals surface area contributed by atoms with Crippen LogP contribution in [0.15, 0.2) is 18.2 Å². The molecule has 20 heavy (non-hydrogen) atoms. The highest BCUT2D eigenvalue weighted by atomic mass is 35.5. The second kappa shape index (κ2) is 6.09. The molecule has 0 saturated heterocycles. The van der Waals surface area contributed by atoms with E-state index in [1.165, 1.54) is 19.9 Å². The third-order valence-corrected chi connectivity index (χ3v) is 3.24. The van der Waals surface area contributed by atoms with Gasteiger partial charge in [0.1, 0.15) is 11.4 Å². The molecule has 0 spiro atoms. The molecule has 1 aromatic carbocycles. The number of hydrogen-bond donors (Lipinski definition) is 2. The van der Waals surface area contributed by atoms with Crippen LogP contribution in [0, 0.1) is 5.82 Å². The molecular weight excluding hydrogens is 287 g/mol. The number of benzene rings is 1. The summed E-state index contributed by atoms with van der Waals surface area (Å²) in [5.74, 6) is -1.65. The number of carboxylic acids is 1. The SMILES string of the molecule is CCN(C(=O)Nc1ccc(F)cc1Cl)C(C)(C)C(=O)O. The number of carbonyl (C=O) groups excluding carboxylic acids is 1. The van der Waals surface area contributed by atoms with Crippen LogP contribution in [0.5, 0.6) is 0 Å². The van der Waals surface area contributed by atoms with E-state index >= 15 is 0 Å². The zero-order chi connectivity index (χ0) is 15.5. The minimum absolute atomic E-state index is 0.0440. The van der Waals surface area contributed by atoms with Crippen LogP contribution in [-0.2, 0) is 4.79 Å². The first-order chi connectivity index (χ1) is 9.20. The van der Waals surface area contributed by atoms with Crippen LogP contribution in [0.4, 0.5) is 14.9 Å². The summed E-state index contributed by atoms with van der Waals surface area (Å²) in [4.78, 5) is 24.5. The maximum absolute atomic E-state index is 12.9. The Labute approximate surface area is 121 Å². The van der Waals surface area contributed by atoms with Crippen molar-refractivity contribution < 1.29 is 19.1 Å². The number of anilines is 1. The molecular formula is C13H16ClFN2O3. The number of halogens is 2. The molecule has 0 fully saturated rings. The average molecular weight is 303 g/mol. The van der Waals surface area contributed by atoms with Crippen molar-refractivity contribution in [3.8, 4) is 0 Å². The highest BCUT2D eigenvalue weighted by Crippen LogP contribution is 2.24. The highest BCUT2D eigenvalue weighted by Gasteiger charge is 2.37. The van der Waals surface area contributed by atoms with Crippen molar-refractivity contribution in [2.24, 2.45) is 0 Å². The van der Waals surface area contributed by atoms with Gasteiger partial charge in [-0.25, -0.2) is 14.0 Å². The van der Waals surface area contributed by atoms with E-state index in [0.717, 1.165) is 17.0 Å². The van der Waals surface area contributed by atoms with Gasteiger partial charge in [0.25, 0.3) is 0 Å². The third-order valence-electron chi connectivity index (χ3n) is 2.93. The number of carbonyl (C=O) groups is 2. The number of rotatable bonds is 4. The van der Waals surface area contributed by atoms with Gasteiger partial charge in [0, 0.05) is 6.54 Å². The van der Waals surface area contributed by atoms with Gasteiger partial charge < -0.3 is 15.3 Å². The molecule has 0 radical (unpaired) electrons. The number of urea groups is 1. The van der Waals surface area contributed by atoms with E-state index in [1.807, 2.05) is 0 Å². The van der Waals surface area contributed by atoms with Gasteiger partial charge in [0.15, 0.2) is 0 Å². The van der Waals surface area contributed by atoms with Gasteiger partial charge in [0.05, 0.1) is 10.7 Å². The standard InChI is InChI=1S/C13H16ClFN2O3/c1-4-17(13(2,3)11(18)19)12(20)16-10-6-5-8(15)7-9(10)14/h5-7H,4H2,1-3H3,(H,16,20)(H,18,19). The van der Waals surface area contributed by atoms with Crippen molar-refractivity contribution >= 4 is 29.3 Å². The quantitative estimate of drug-likeness (QED) is 0.897. The largest absolute Gasteiger partial charge is 0.480 e. The average Bonchev–Trinajstić information content (AvgIpc) is 2.33. The highest BCUT2D eigenvalue weighted by molar-refractivity contribution is 6.33. The van der Waals surface area contributed by atoms with Crippen molar-refractivity contribution in [3.05, 3.63) is 29.0 Å². The molecule has 7 heteroatoms. The Morgan fingerprint density at radius 2 is 2.05 bits per heavy atom. The molecule has 0 aliphatic carbocycles. The Balaban J connectivity index is 2.96. The molecule has 2 N–H and O–H groups in total. The van der Waals surface area contributed by atoms with Gasteiger partial charge in [-0.2, -0.15) is 0 Å². The van der Waals surface area contributed by atoms with E-state index in [0.29, 0.717) is 0 Å². The maximum atomic E-state index is 12.9. The topological polar surface area (TPSA) is 69.6 Å².